The number of hydrazone groups is 1. The Morgan fingerprint density at radius 2 is 2.05 bits per heavy atom. The van der Waals surface area contributed by atoms with Gasteiger partial charge in [-0.2, -0.15) is 5.10 Å². The van der Waals surface area contributed by atoms with Crippen molar-refractivity contribution in [3.63, 3.8) is 0 Å². The number of hydrogen-bond acceptors (Lipinski definition) is 2. The number of rotatable bonds is 3. The maximum absolute atomic E-state index is 13.5. The third-order valence-electron chi connectivity index (χ3n) is 2.72. The average molecular weight is 335 g/mol. The maximum atomic E-state index is 13.5. The van der Waals surface area contributed by atoms with Gasteiger partial charge in [0.25, 0.3) is 5.91 Å². The lowest BCUT2D eigenvalue weighted by atomic mass is 10.1. The van der Waals surface area contributed by atoms with Crippen molar-refractivity contribution in [1.29, 1.82) is 0 Å². The minimum absolute atomic E-state index is 0.304. The fourth-order valence-corrected chi connectivity index (χ4v) is 1.99. The largest absolute Gasteiger partial charge is 0.271 e. The summed E-state index contributed by atoms with van der Waals surface area (Å²) in [4.78, 5) is 11.9. The van der Waals surface area contributed by atoms with E-state index in [4.69, 9.17) is 0 Å². The Morgan fingerprint density at radius 1 is 1.30 bits per heavy atom. The van der Waals surface area contributed by atoms with E-state index in [1.807, 2.05) is 19.1 Å². The number of hydrogen-bond donors (Lipinski definition) is 1. The fraction of sp³-hybridized carbons (Fsp3) is 0.0667. The number of nitrogens with one attached hydrogen (secondary N) is 1. The minimum atomic E-state index is -0.409. The molecule has 0 aliphatic heterocycles. The monoisotopic (exact) mass is 334 g/mol. The molecule has 0 bridgehead atoms. The second-order valence-electron chi connectivity index (χ2n) is 4.18. The number of carbonyl (C=O) groups is 1. The smallest absolute Gasteiger partial charge is 0.267 e. The molecule has 0 spiro atoms. The molecule has 0 aromatic heterocycles. The van der Waals surface area contributed by atoms with Crippen LogP contribution in [0.15, 0.2) is 52.0 Å². The number of benzene rings is 2. The van der Waals surface area contributed by atoms with Gasteiger partial charge in [-0.05, 0) is 36.8 Å². The van der Waals surface area contributed by atoms with Gasteiger partial charge in [0.1, 0.15) is 5.82 Å². The number of amides is 1. The first kappa shape index (κ1) is 14.4. The van der Waals surface area contributed by atoms with Crippen molar-refractivity contribution in [2.75, 3.05) is 0 Å². The van der Waals surface area contributed by atoms with E-state index in [0.29, 0.717) is 15.6 Å². The molecule has 20 heavy (non-hydrogen) atoms. The Bertz CT molecular complexity index is 671. The van der Waals surface area contributed by atoms with E-state index in [2.05, 4.69) is 26.5 Å². The highest BCUT2D eigenvalue weighted by Gasteiger charge is 2.06. The van der Waals surface area contributed by atoms with Gasteiger partial charge < -0.3 is 0 Å². The Balaban J connectivity index is 2.07. The van der Waals surface area contributed by atoms with Crippen molar-refractivity contribution < 1.29 is 9.18 Å². The number of aryl methyl sites for hydroxylation is 1. The van der Waals surface area contributed by atoms with Gasteiger partial charge in [0, 0.05) is 15.6 Å². The van der Waals surface area contributed by atoms with Crippen LogP contribution in [-0.4, -0.2) is 12.1 Å². The molecular weight excluding hydrogens is 323 g/mol. The standard InChI is InChI=1S/C15H12BrFN2O/c1-10-4-2-3-5-13(10)15(20)19-18-9-11-6-7-12(16)8-14(11)17/h2-9H,1H3,(H,19,20)/b18-9-. The molecule has 3 nitrogen and oxygen atoms in total. The first-order chi connectivity index (χ1) is 9.58. The van der Waals surface area contributed by atoms with Crippen LogP contribution >= 0.6 is 15.9 Å². The van der Waals surface area contributed by atoms with Crippen LogP contribution in [0.4, 0.5) is 4.39 Å². The summed E-state index contributed by atoms with van der Waals surface area (Å²) in [5, 5.41) is 3.77. The Labute approximate surface area is 124 Å². The van der Waals surface area contributed by atoms with Crippen LogP contribution < -0.4 is 5.43 Å². The molecule has 2 aromatic carbocycles. The van der Waals surface area contributed by atoms with Crippen molar-refractivity contribution in [3.05, 3.63) is 69.4 Å². The van der Waals surface area contributed by atoms with Crippen LogP contribution in [0.5, 0.6) is 0 Å². The third-order valence-corrected chi connectivity index (χ3v) is 3.22. The molecule has 1 N–H and O–H groups in total. The SMILES string of the molecule is Cc1ccccc1C(=O)N/N=C\c1ccc(Br)cc1F. The van der Waals surface area contributed by atoms with Gasteiger partial charge in [0.05, 0.1) is 6.21 Å². The first-order valence-corrected chi connectivity index (χ1v) is 6.71. The van der Waals surface area contributed by atoms with Crippen molar-refractivity contribution in [2.45, 2.75) is 6.92 Å². The summed E-state index contributed by atoms with van der Waals surface area (Å²) in [5.41, 5.74) is 4.09. The van der Waals surface area contributed by atoms with E-state index in [9.17, 15) is 9.18 Å². The molecule has 5 heteroatoms. The molecule has 102 valence electrons. The summed E-state index contributed by atoms with van der Waals surface area (Å²) >= 11 is 3.17. The summed E-state index contributed by atoms with van der Waals surface area (Å²) in [5.74, 6) is -0.731. The lowest BCUT2D eigenvalue weighted by Gasteiger charge is -2.03. The number of carbonyl (C=O) groups excluding carboxylic acids is 1. The van der Waals surface area contributed by atoms with E-state index in [0.717, 1.165) is 5.56 Å². The zero-order valence-electron chi connectivity index (χ0n) is 10.7. The van der Waals surface area contributed by atoms with Crippen molar-refractivity contribution in [2.24, 2.45) is 5.10 Å². The van der Waals surface area contributed by atoms with Gasteiger partial charge in [-0.25, -0.2) is 9.82 Å². The van der Waals surface area contributed by atoms with E-state index in [1.165, 1.54) is 12.3 Å². The molecule has 0 atom stereocenters. The van der Waals surface area contributed by atoms with Crippen LogP contribution in [-0.2, 0) is 0 Å². The van der Waals surface area contributed by atoms with Gasteiger partial charge in [-0.3, -0.25) is 4.79 Å². The van der Waals surface area contributed by atoms with E-state index in [1.54, 1.807) is 24.3 Å². The van der Waals surface area contributed by atoms with E-state index >= 15 is 0 Å². The zero-order valence-corrected chi connectivity index (χ0v) is 12.3. The zero-order chi connectivity index (χ0) is 14.5. The second kappa shape index (κ2) is 6.43. The predicted octanol–water partition coefficient (Wildman–Crippen LogP) is 3.66. The van der Waals surface area contributed by atoms with Crippen LogP contribution in [0.2, 0.25) is 0 Å². The summed E-state index contributed by atoms with van der Waals surface area (Å²) < 4.78 is 14.2. The maximum Gasteiger partial charge on any atom is 0.271 e. The first-order valence-electron chi connectivity index (χ1n) is 5.92. The van der Waals surface area contributed by atoms with E-state index < -0.39 is 5.82 Å². The average Bonchev–Trinajstić information content (AvgIpc) is 2.41. The quantitative estimate of drug-likeness (QED) is 0.675. The molecular formula is C15H12BrFN2O. The Kier molecular flexibility index (Phi) is 4.63. The Morgan fingerprint density at radius 3 is 2.75 bits per heavy atom. The van der Waals surface area contributed by atoms with Crippen molar-refractivity contribution in [1.82, 2.24) is 5.43 Å². The molecule has 0 unspecified atom stereocenters. The van der Waals surface area contributed by atoms with Crippen LogP contribution in [0, 0.1) is 12.7 Å². The highest BCUT2D eigenvalue weighted by molar-refractivity contribution is 9.10. The van der Waals surface area contributed by atoms with Gasteiger partial charge in [-0.15, -0.1) is 0 Å². The lowest BCUT2D eigenvalue weighted by molar-refractivity contribution is 0.0954. The summed E-state index contributed by atoms with van der Waals surface area (Å²) in [6.45, 7) is 1.84. The highest BCUT2D eigenvalue weighted by Crippen LogP contribution is 2.13. The van der Waals surface area contributed by atoms with Crippen LogP contribution in [0.3, 0.4) is 0 Å². The molecule has 0 saturated carbocycles. The topological polar surface area (TPSA) is 41.5 Å². The van der Waals surface area contributed by atoms with Crippen molar-refractivity contribution >= 4 is 28.1 Å². The normalized spacial score (nSPS) is 10.8. The predicted molar refractivity (Wildman–Crippen MR) is 80.3 cm³/mol. The highest BCUT2D eigenvalue weighted by atomic mass is 79.9. The van der Waals surface area contributed by atoms with Gasteiger partial charge >= 0.3 is 0 Å². The molecule has 0 heterocycles. The van der Waals surface area contributed by atoms with Crippen LogP contribution in [0.25, 0.3) is 0 Å². The fourth-order valence-electron chi connectivity index (χ4n) is 1.65. The molecule has 0 saturated heterocycles. The molecule has 1 amide bonds. The summed E-state index contributed by atoms with van der Waals surface area (Å²) in [7, 11) is 0. The third kappa shape index (κ3) is 3.51. The number of halogens is 2. The van der Waals surface area contributed by atoms with Gasteiger partial charge in [-0.1, -0.05) is 34.1 Å². The Hall–Kier alpha value is -2.01. The van der Waals surface area contributed by atoms with Crippen molar-refractivity contribution in [3.8, 4) is 0 Å². The van der Waals surface area contributed by atoms with Gasteiger partial charge in [0.2, 0.25) is 0 Å². The van der Waals surface area contributed by atoms with Gasteiger partial charge in [0.15, 0.2) is 0 Å². The molecule has 2 aromatic rings. The molecule has 2 rings (SSSR count). The molecule has 0 fully saturated rings. The molecule has 0 aliphatic rings. The van der Waals surface area contributed by atoms with E-state index in [-0.39, 0.29) is 5.91 Å². The molecule has 0 aliphatic carbocycles. The molecule has 0 radical (unpaired) electrons. The summed E-state index contributed by atoms with van der Waals surface area (Å²) in [6.07, 6.45) is 1.28. The minimum Gasteiger partial charge on any atom is -0.267 e. The second-order valence-corrected chi connectivity index (χ2v) is 5.10. The van der Waals surface area contributed by atoms with Crippen LogP contribution in [0.1, 0.15) is 21.5 Å². The summed E-state index contributed by atoms with van der Waals surface area (Å²) in [6, 6.07) is 11.8. The number of nitrogens with zero attached hydrogens (tertiary/aromatic N) is 1. The lowest BCUT2D eigenvalue weighted by Crippen LogP contribution is -2.18.